The molecule has 2 N–H and O–H groups in total. The van der Waals surface area contributed by atoms with Gasteiger partial charge in [-0.25, -0.2) is 8.42 Å². The van der Waals surface area contributed by atoms with E-state index in [0.29, 0.717) is 23.9 Å². The number of likely N-dealkylation sites (tertiary alicyclic amines) is 2. The van der Waals surface area contributed by atoms with Gasteiger partial charge >= 0.3 is 0 Å². The second kappa shape index (κ2) is 10.2. The molecule has 3 atom stereocenters. The van der Waals surface area contributed by atoms with Crippen LogP contribution in [0.4, 0.5) is 11.4 Å². The number of quaternary nitrogens is 1. The number of nitrogens with one attached hydrogen (secondary N) is 2. The van der Waals surface area contributed by atoms with Crippen LogP contribution in [-0.4, -0.2) is 70.1 Å². The monoisotopic (exact) mass is 564 g/mol. The van der Waals surface area contributed by atoms with Crippen LogP contribution in [0.5, 0.6) is 0 Å². The molecule has 9 nitrogen and oxygen atoms in total. The van der Waals surface area contributed by atoms with Gasteiger partial charge in [0.1, 0.15) is 5.69 Å². The topological polar surface area (TPSA) is 96.2 Å². The maximum atomic E-state index is 13.6. The van der Waals surface area contributed by atoms with E-state index in [9.17, 15) is 18.0 Å². The molecular formula is C30H38N5O4S+. The number of sulfonamides is 1. The lowest BCUT2D eigenvalue weighted by Gasteiger charge is -2.45. The van der Waals surface area contributed by atoms with Crippen molar-refractivity contribution in [2.45, 2.75) is 49.6 Å². The number of pyridine rings is 1. The third kappa shape index (κ3) is 4.77. The maximum Gasteiger partial charge on any atom is 0.275 e. The van der Waals surface area contributed by atoms with E-state index in [4.69, 9.17) is 0 Å². The fourth-order valence-electron chi connectivity index (χ4n) is 7.20. The van der Waals surface area contributed by atoms with Crippen molar-refractivity contribution < 1.29 is 18.1 Å². The Morgan fingerprint density at radius 1 is 1.00 bits per heavy atom. The van der Waals surface area contributed by atoms with Crippen LogP contribution in [0.2, 0.25) is 0 Å². The Kier molecular flexibility index (Phi) is 6.86. The van der Waals surface area contributed by atoms with Crippen molar-refractivity contribution in [2.75, 3.05) is 49.9 Å². The highest BCUT2D eigenvalue weighted by molar-refractivity contribution is 7.93. The Hall–Kier alpha value is -3.37. The first-order valence-corrected chi connectivity index (χ1v) is 15.7. The molecule has 2 saturated heterocycles. The van der Waals surface area contributed by atoms with Gasteiger partial charge in [-0.15, -0.1) is 0 Å². The van der Waals surface area contributed by atoms with E-state index in [1.807, 2.05) is 48.2 Å². The van der Waals surface area contributed by atoms with Gasteiger partial charge in [0, 0.05) is 87.5 Å². The zero-order valence-electron chi connectivity index (χ0n) is 23.4. The first-order valence-electron chi connectivity index (χ1n) is 14.2. The number of anilines is 2. The number of benzene rings is 2. The summed E-state index contributed by atoms with van der Waals surface area (Å²) in [5, 5.41) is 1.45. The summed E-state index contributed by atoms with van der Waals surface area (Å²) < 4.78 is 31.6. The minimum Gasteiger partial charge on any atom is -0.377 e. The summed E-state index contributed by atoms with van der Waals surface area (Å²) in [5.41, 5.74) is 1.74. The van der Waals surface area contributed by atoms with Crippen molar-refractivity contribution in [1.82, 2.24) is 9.47 Å². The minimum atomic E-state index is -4.00. The van der Waals surface area contributed by atoms with Crippen molar-refractivity contribution in [1.29, 1.82) is 0 Å². The van der Waals surface area contributed by atoms with Gasteiger partial charge in [0.05, 0.1) is 24.0 Å². The van der Waals surface area contributed by atoms with Gasteiger partial charge < -0.3 is 19.3 Å². The van der Waals surface area contributed by atoms with E-state index in [2.05, 4.69) is 4.72 Å². The molecule has 0 spiro atoms. The Bertz CT molecular complexity index is 1620. The molecule has 3 aromatic rings. The number of amides is 1. The number of piperidine rings is 2. The molecule has 0 radical (unpaired) electrons. The SMILES string of the molecule is CC(=O)N1CCC([NH+]2C[C@@H]3C[C@H](C2)c2ccc(NS(=O)(=O)c4cccc5c(N(C)C)cccc45)c(=O)n2C3)CC1. The van der Waals surface area contributed by atoms with E-state index in [1.54, 1.807) is 40.7 Å². The van der Waals surface area contributed by atoms with Crippen molar-refractivity contribution in [3.8, 4) is 0 Å². The zero-order chi connectivity index (χ0) is 28.2. The molecule has 0 aliphatic carbocycles. The lowest BCUT2D eigenvalue weighted by molar-refractivity contribution is -0.937. The van der Waals surface area contributed by atoms with Crippen LogP contribution >= 0.6 is 0 Å². The number of aromatic nitrogens is 1. The third-order valence-corrected chi connectivity index (χ3v) is 10.6. The summed E-state index contributed by atoms with van der Waals surface area (Å²) in [6.07, 6.45) is 3.10. The molecule has 40 heavy (non-hydrogen) atoms. The molecule has 3 aliphatic heterocycles. The van der Waals surface area contributed by atoms with E-state index < -0.39 is 10.0 Å². The van der Waals surface area contributed by atoms with Crippen LogP contribution in [0, 0.1) is 5.92 Å². The first kappa shape index (κ1) is 26.8. The summed E-state index contributed by atoms with van der Waals surface area (Å²) in [6.45, 7) is 5.88. The highest BCUT2D eigenvalue weighted by atomic mass is 32.2. The molecular weight excluding hydrogens is 526 g/mol. The molecule has 212 valence electrons. The largest absolute Gasteiger partial charge is 0.377 e. The fourth-order valence-corrected chi connectivity index (χ4v) is 8.48. The molecule has 1 unspecified atom stereocenters. The maximum absolute atomic E-state index is 13.6. The normalized spacial score (nSPS) is 23.1. The second-order valence-electron chi connectivity index (χ2n) is 11.9. The summed E-state index contributed by atoms with van der Waals surface area (Å²) in [7, 11) is -0.146. The summed E-state index contributed by atoms with van der Waals surface area (Å²) in [5.74, 6) is 0.802. The average Bonchev–Trinajstić information content (AvgIpc) is 2.94. The Morgan fingerprint density at radius 3 is 2.45 bits per heavy atom. The van der Waals surface area contributed by atoms with Crippen molar-refractivity contribution in [2.24, 2.45) is 5.92 Å². The predicted molar refractivity (Wildman–Crippen MR) is 157 cm³/mol. The number of hydrogen-bond acceptors (Lipinski definition) is 5. The molecule has 1 amide bonds. The lowest BCUT2D eigenvalue weighted by atomic mass is 9.82. The van der Waals surface area contributed by atoms with Gasteiger partial charge in [0.25, 0.3) is 15.6 Å². The van der Waals surface area contributed by atoms with Gasteiger partial charge in [-0.1, -0.05) is 24.3 Å². The Morgan fingerprint density at radius 2 is 1.73 bits per heavy atom. The third-order valence-electron chi connectivity index (χ3n) is 9.14. The smallest absolute Gasteiger partial charge is 0.275 e. The van der Waals surface area contributed by atoms with Crippen LogP contribution in [0.25, 0.3) is 10.8 Å². The number of hydrogen-bond donors (Lipinski definition) is 2. The van der Waals surface area contributed by atoms with E-state index in [-0.39, 0.29) is 28.0 Å². The second-order valence-corrected chi connectivity index (χ2v) is 13.5. The zero-order valence-corrected chi connectivity index (χ0v) is 24.2. The number of nitrogens with zero attached hydrogens (tertiary/aromatic N) is 3. The van der Waals surface area contributed by atoms with Crippen molar-refractivity contribution in [3.05, 3.63) is 64.6 Å². The summed E-state index contributed by atoms with van der Waals surface area (Å²) in [4.78, 5) is 31.0. The van der Waals surface area contributed by atoms with Crippen LogP contribution in [0.15, 0.2) is 58.2 Å². The molecule has 2 fully saturated rings. The summed E-state index contributed by atoms with van der Waals surface area (Å²) >= 11 is 0. The highest BCUT2D eigenvalue weighted by Crippen LogP contribution is 2.33. The van der Waals surface area contributed by atoms with Gasteiger partial charge in [-0.3, -0.25) is 14.3 Å². The van der Waals surface area contributed by atoms with E-state index >= 15 is 0 Å². The van der Waals surface area contributed by atoms with Crippen LogP contribution in [0.3, 0.4) is 0 Å². The summed E-state index contributed by atoms with van der Waals surface area (Å²) in [6, 6.07) is 15.0. The molecule has 4 heterocycles. The molecule has 1 aromatic heterocycles. The minimum absolute atomic E-state index is 0.0882. The fraction of sp³-hybridized carbons (Fsp3) is 0.467. The number of carbonyl (C=O) groups excluding carboxylic acids is 1. The first-order chi connectivity index (χ1) is 19.1. The highest BCUT2D eigenvalue weighted by Gasteiger charge is 2.41. The Labute approximate surface area is 235 Å². The van der Waals surface area contributed by atoms with Gasteiger partial charge in [0.2, 0.25) is 5.91 Å². The number of carbonyl (C=O) groups is 1. The van der Waals surface area contributed by atoms with E-state index in [0.717, 1.165) is 62.2 Å². The molecule has 3 aliphatic rings. The van der Waals surface area contributed by atoms with Gasteiger partial charge in [0.15, 0.2) is 0 Å². The quantitative estimate of drug-likeness (QED) is 0.494. The van der Waals surface area contributed by atoms with Crippen LogP contribution in [0.1, 0.15) is 37.8 Å². The van der Waals surface area contributed by atoms with E-state index in [1.165, 1.54) is 0 Å². The lowest BCUT2D eigenvalue weighted by Crippen LogP contribution is -3.18. The molecule has 6 rings (SSSR count). The van der Waals surface area contributed by atoms with Crippen molar-refractivity contribution in [3.63, 3.8) is 0 Å². The van der Waals surface area contributed by atoms with Crippen LogP contribution in [-0.2, 0) is 21.4 Å². The van der Waals surface area contributed by atoms with Gasteiger partial charge in [-0.2, -0.15) is 0 Å². The standard InChI is InChI=1S/C30H37N5O4S/c1-20(36)33-14-12-23(13-15-33)34-17-21-16-22(19-34)27-11-10-26(30(37)35(27)18-21)31-40(38,39)29-9-5-6-24-25(29)7-4-8-28(24)32(2)3/h4-11,21-23,31H,12-19H2,1-3H3/p+1/t21-,22+/m0/s1. The number of rotatable bonds is 5. The molecule has 2 aromatic carbocycles. The predicted octanol–water partition coefficient (Wildman–Crippen LogP) is 1.88. The molecule has 2 bridgehead atoms. The average molecular weight is 565 g/mol. The molecule has 0 saturated carbocycles. The van der Waals surface area contributed by atoms with Crippen molar-refractivity contribution >= 4 is 38.1 Å². The van der Waals surface area contributed by atoms with Crippen LogP contribution < -0.4 is 20.1 Å². The Balaban J connectivity index is 1.25. The van der Waals surface area contributed by atoms with Gasteiger partial charge in [-0.05, 0) is 30.7 Å². The number of fused-ring (bicyclic) bond motifs is 5. The molecule has 10 heteroatoms.